The summed E-state index contributed by atoms with van der Waals surface area (Å²) in [4.78, 5) is 36.9. The van der Waals surface area contributed by atoms with Crippen LogP contribution >= 0.6 is 15.9 Å². The molecule has 1 aliphatic heterocycles. The Balaban J connectivity index is 2.19. The van der Waals surface area contributed by atoms with Gasteiger partial charge in [-0.05, 0) is 38.0 Å². The van der Waals surface area contributed by atoms with Crippen LogP contribution in [0.3, 0.4) is 0 Å². The molecule has 1 heterocycles. The lowest BCUT2D eigenvalue weighted by Crippen LogP contribution is -2.43. The average molecular weight is 413 g/mol. The van der Waals surface area contributed by atoms with Crippen molar-refractivity contribution in [3.05, 3.63) is 22.2 Å². The molecule has 8 heteroatoms. The first kappa shape index (κ1) is 19.2. The first-order valence-electron chi connectivity index (χ1n) is 7.87. The van der Waals surface area contributed by atoms with Gasteiger partial charge in [-0.25, -0.2) is 0 Å². The second kappa shape index (κ2) is 7.43. The molecule has 0 radical (unpaired) electrons. The number of aliphatic carboxylic acids is 1. The molecule has 2 amide bonds. The van der Waals surface area contributed by atoms with Gasteiger partial charge in [0.05, 0.1) is 18.2 Å². The van der Waals surface area contributed by atoms with Gasteiger partial charge in [-0.15, -0.1) is 0 Å². The predicted molar refractivity (Wildman–Crippen MR) is 96.0 cm³/mol. The Morgan fingerprint density at radius 3 is 2.64 bits per heavy atom. The van der Waals surface area contributed by atoms with Crippen LogP contribution in [-0.2, 0) is 19.8 Å². The molecule has 0 aliphatic carbocycles. The van der Waals surface area contributed by atoms with E-state index in [2.05, 4.69) is 21.2 Å². The number of carbonyl (C=O) groups excluding carboxylic acids is 2. The zero-order valence-electron chi connectivity index (χ0n) is 14.4. The van der Waals surface area contributed by atoms with Gasteiger partial charge < -0.3 is 15.2 Å². The Bertz CT molecular complexity index is 717. The van der Waals surface area contributed by atoms with E-state index in [0.717, 1.165) is 10.0 Å². The van der Waals surface area contributed by atoms with E-state index in [9.17, 15) is 14.4 Å². The van der Waals surface area contributed by atoms with Crippen LogP contribution in [0.5, 0.6) is 5.75 Å². The summed E-state index contributed by atoms with van der Waals surface area (Å²) in [5.41, 5.74) is 0.625. The summed E-state index contributed by atoms with van der Waals surface area (Å²) in [7, 11) is 1.52. The zero-order chi connectivity index (χ0) is 18.8. The number of rotatable bonds is 7. The maximum atomic E-state index is 12.8. The number of nitrogens with zero attached hydrogens (tertiary/aromatic N) is 1. The molecule has 0 saturated carbocycles. The van der Waals surface area contributed by atoms with Crippen LogP contribution in [0.1, 0.15) is 32.3 Å². The molecule has 7 nitrogen and oxygen atoms in total. The molecule has 1 aromatic rings. The monoisotopic (exact) mass is 412 g/mol. The van der Waals surface area contributed by atoms with Gasteiger partial charge >= 0.3 is 5.97 Å². The van der Waals surface area contributed by atoms with Crippen LogP contribution in [0, 0.1) is 0 Å². The second-order valence-electron chi connectivity index (χ2n) is 6.37. The fourth-order valence-electron chi connectivity index (χ4n) is 2.86. The predicted octanol–water partition coefficient (Wildman–Crippen LogP) is 2.06. The first-order valence-corrected chi connectivity index (χ1v) is 8.66. The summed E-state index contributed by atoms with van der Waals surface area (Å²) in [5.74, 6) is -0.913. The number of anilines is 1. The lowest BCUT2D eigenvalue weighted by Gasteiger charge is -2.20. The molecule has 0 saturated heterocycles. The lowest BCUT2D eigenvalue weighted by molar-refractivity contribution is -0.137. The van der Waals surface area contributed by atoms with Gasteiger partial charge in [0.15, 0.2) is 0 Å². The van der Waals surface area contributed by atoms with E-state index < -0.39 is 11.4 Å². The number of ether oxygens (including phenoxy) is 1. The van der Waals surface area contributed by atoms with E-state index >= 15 is 0 Å². The average Bonchev–Trinajstić information content (AvgIpc) is 2.72. The molecule has 0 spiro atoms. The van der Waals surface area contributed by atoms with E-state index in [1.165, 1.54) is 12.0 Å². The Morgan fingerprint density at radius 1 is 1.36 bits per heavy atom. The van der Waals surface area contributed by atoms with Crippen molar-refractivity contribution in [2.24, 2.45) is 0 Å². The van der Waals surface area contributed by atoms with E-state index in [4.69, 9.17) is 9.84 Å². The van der Waals surface area contributed by atoms with Crippen molar-refractivity contribution in [1.82, 2.24) is 5.32 Å². The van der Waals surface area contributed by atoms with Gasteiger partial charge in [0.2, 0.25) is 11.8 Å². The van der Waals surface area contributed by atoms with E-state index in [0.29, 0.717) is 17.9 Å². The highest BCUT2D eigenvalue weighted by Crippen LogP contribution is 2.48. The molecule has 1 aliphatic rings. The molecule has 2 N–H and O–H groups in total. The standard InChI is InChI=1S/C17H21BrN2O5/c1-17(2)11-7-10(18)8-12(25-3)15(11)20(16(17)24)9-13(21)19-6-4-5-14(22)23/h7-8H,4-6,9H2,1-3H3,(H,19,21)(H,22,23). The van der Waals surface area contributed by atoms with Crippen molar-refractivity contribution in [2.45, 2.75) is 32.1 Å². The minimum absolute atomic E-state index is 0.0133. The molecule has 0 fully saturated rings. The largest absolute Gasteiger partial charge is 0.495 e. The second-order valence-corrected chi connectivity index (χ2v) is 7.28. The van der Waals surface area contributed by atoms with Gasteiger partial charge in [0.1, 0.15) is 12.3 Å². The Labute approximate surface area is 154 Å². The van der Waals surface area contributed by atoms with Crippen LogP contribution in [0.4, 0.5) is 5.69 Å². The molecule has 0 aromatic heterocycles. The van der Waals surface area contributed by atoms with Crippen molar-refractivity contribution >= 4 is 39.4 Å². The minimum Gasteiger partial charge on any atom is -0.495 e. The van der Waals surface area contributed by atoms with Gasteiger partial charge in [-0.1, -0.05) is 15.9 Å². The number of carbonyl (C=O) groups is 3. The maximum absolute atomic E-state index is 12.8. The highest BCUT2D eigenvalue weighted by molar-refractivity contribution is 9.10. The van der Waals surface area contributed by atoms with Crippen molar-refractivity contribution in [1.29, 1.82) is 0 Å². The topological polar surface area (TPSA) is 95.9 Å². The quantitative estimate of drug-likeness (QED) is 0.668. The number of nitrogens with one attached hydrogen (secondary N) is 1. The van der Waals surface area contributed by atoms with Crippen LogP contribution in [0.15, 0.2) is 16.6 Å². The van der Waals surface area contributed by atoms with Crippen molar-refractivity contribution in [2.75, 3.05) is 25.1 Å². The SMILES string of the molecule is COc1cc(Br)cc2c1N(CC(=O)NCCCC(=O)O)C(=O)C2(C)C. The molecule has 1 aromatic carbocycles. The van der Waals surface area contributed by atoms with Crippen LogP contribution < -0.4 is 15.0 Å². The Morgan fingerprint density at radius 2 is 2.04 bits per heavy atom. The molecule has 136 valence electrons. The third-order valence-corrected chi connectivity index (χ3v) is 4.63. The smallest absolute Gasteiger partial charge is 0.303 e. The number of hydrogen-bond donors (Lipinski definition) is 2. The van der Waals surface area contributed by atoms with Gasteiger partial charge in [0, 0.05) is 17.4 Å². The van der Waals surface area contributed by atoms with Gasteiger partial charge in [-0.3, -0.25) is 19.3 Å². The lowest BCUT2D eigenvalue weighted by atomic mass is 9.86. The summed E-state index contributed by atoms with van der Waals surface area (Å²) < 4.78 is 6.19. The van der Waals surface area contributed by atoms with Crippen molar-refractivity contribution < 1.29 is 24.2 Å². The number of carboxylic acids is 1. The number of methoxy groups -OCH3 is 1. The summed E-state index contributed by atoms with van der Waals surface area (Å²) in [6.07, 6.45) is 0.327. The number of benzene rings is 1. The number of amides is 2. The molecular weight excluding hydrogens is 392 g/mol. The summed E-state index contributed by atoms with van der Waals surface area (Å²) in [5, 5.41) is 11.3. The van der Waals surface area contributed by atoms with Gasteiger partial charge in [0.25, 0.3) is 0 Å². The van der Waals surface area contributed by atoms with E-state index in [-0.39, 0.29) is 31.3 Å². The Hall–Kier alpha value is -2.09. The first-order chi connectivity index (χ1) is 11.7. The van der Waals surface area contributed by atoms with Gasteiger partial charge in [-0.2, -0.15) is 0 Å². The molecule has 25 heavy (non-hydrogen) atoms. The third-order valence-electron chi connectivity index (χ3n) is 4.17. The summed E-state index contributed by atoms with van der Waals surface area (Å²) in [6, 6.07) is 3.62. The van der Waals surface area contributed by atoms with Crippen LogP contribution in [-0.4, -0.2) is 43.1 Å². The maximum Gasteiger partial charge on any atom is 0.303 e. The molecule has 0 unspecified atom stereocenters. The number of fused-ring (bicyclic) bond motifs is 1. The van der Waals surface area contributed by atoms with Crippen LogP contribution in [0.2, 0.25) is 0 Å². The number of hydrogen-bond acceptors (Lipinski definition) is 4. The van der Waals surface area contributed by atoms with Crippen molar-refractivity contribution in [3.63, 3.8) is 0 Å². The molecule has 0 bridgehead atoms. The van der Waals surface area contributed by atoms with E-state index in [1.54, 1.807) is 6.07 Å². The fourth-order valence-corrected chi connectivity index (χ4v) is 3.29. The number of halogens is 1. The summed E-state index contributed by atoms with van der Waals surface area (Å²) >= 11 is 3.42. The highest BCUT2D eigenvalue weighted by atomic mass is 79.9. The molecule has 0 atom stereocenters. The summed E-state index contributed by atoms with van der Waals surface area (Å²) in [6.45, 7) is 3.73. The highest BCUT2D eigenvalue weighted by Gasteiger charge is 2.46. The van der Waals surface area contributed by atoms with Crippen molar-refractivity contribution in [3.8, 4) is 5.75 Å². The fraction of sp³-hybridized carbons (Fsp3) is 0.471. The van der Waals surface area contributed by atoms with Crippen LogP contribution in [0.25, 0.3) is 0 Å². The third kappa shape index (κ3) is 3.95. The normalized spacial score (nSPS) is 15.0. The Kier molecular flexibility index (Phi) is 5.72. The number of carboxylic acid groups (broad SMARTS) is 1. The zero-order valence-corrected chi connectivity index (χ0v) is 16.0. The van der Waals surface area contributed by atoms with E-state index in [1.807, 2.05) is 19.9 Å². The molecular formula is C17H21BrN2O5. The molecule has 2 rings (SSSR count). The minimum atomic E-state index is -0.907.